The molecule has 0 aliphatic rings. The number of anilines is 1. The van der Waals surface area contributed by atoms with Gasteiger partial charge in [-0.2, -0.15) is 4.31 Å². The lowest BCUT2D eigenvalue weighted by atomic mass is 10.2. The topological polar surface area (TPSA) is 83.7 Å². The number of nitrogens with zero attached hydrogens (tertiary/aromatic N) is 2. The zero-order chi connectivity index (χ0) is 15.7. The molecule has 0 unspecified atom stereocenters. The summed E-state index contributed by atoms with van der Waals surface area (Å²) in [5.74, 6) is -0.295. The number of amides is 1. The molecule has 0 spiro atoms. The number of hydrogen-bond donors (Lipinski definition) is 1. The largest absolute Gasteiger partial charge is 0.398 e. The molecule has 0 saturated heterocycles. The van der Waals surface area contributed by atoms with Crippen LogP contribution in [0.4, 0.5) is 5.69 Å². The number of likely N-dealkylation sites (N-methyl/N-ethyl adjacent to an activating group) is 2. The zero-order valence-electron chi connectivity index (χ0n) is 11.8. The predicted molar refractivity (Wildman–Crippen MR) is 81.8 cm³/mol. The van der Waals surface area contributed by atoms with E-state index in [-0.39, 0.29) is 17.3 Å². The average molecular weight is 364 g/mol. The Kier molecular flexibility index (Phi) is 5.17. The van der Waals surface area contributed by atoms with Crippen LogP contribution >= 0.6 is 15.9 Å². The number of carbonyl (C=O) groups excluding carboxylic acids is 1. The van der Waals surface area contributed by atoms with Gasteiger partial charge in [0.05, 0.1) is 11.4 Å². The quantitative estimate of drug-likeness (QED) is 0.810. The number of nitrogens with two attached hydrogens (primary N) is 1. The van der Waals surface area contributed by atoms with E-state index in [1.165, 1.54) is 18.0 Å². The van der Waals surface area contributed by atoms with Crippen LogP contribution in [-0.2, 0) is 14.8 Å². The van der Waals surface area contributed by atoms with Crippen molar-refractivity contribution in [2.45, 2.75) is 11.8 Å². The summed E-state index contributed by atoms with van der Waals surface area (Å²) in [5, 5.41) is 0. The third-order valence-corrected chi connectivity index (χ3v) is 5.30. The van der Waals surface area contributed by atoms with E-state index in [0.717, 1.165) is 4.31 Å². The van der Waals surface area contributed by atoms with Crippen LogP contribution in [0.25, 0.3) is 0 Å². The van der Waals surface area contributed by atoms with Crippen molar-refractivity contribution in [3.63, 3.8) is 0 Å². The molecule has 0 saturated carbocycles. The lowest BCUT2D eigenvalue weighted by Gasteiger charge is -2.20. The van der Waals surface area contributed by atoms with E-state index >= 15 is 0 Å². The molecular weight excluding hydrogens is 346 g/mol. The lowest BCUT2D eigenvalue weighted by molar-refractivity contribution is -0.128. The first-order valence-electron chi connectivity index (χ1n) is 5.79. The van der Waals surface area contributed by atoms with E-state index in [9.17, 15) is 13.2 Å². The molecule has 8 heteroatoms. The predicted octanol–water partition coefficient (Wildman–Crippen LogP) is 1.05. The molecule has 0 heterocycles. The van der Waals surface area contributed by atoms with Crippen LogP contribution in [0.1, 0.15) is 5.56 Å². The number of hydrogen-bond acceptors (Lipinski definition) is 4. The molecule has 1 amide bonds. The monoisotopic (exact) mass is 363 g/mol. The van der Waals surface area contributed by atoms with E-state index in [2.05, 4.69) is 15.9 Å². The zero-order valence-corrected chi connectivity index (χ0v) is 14.2. The summed E-state index contributed by atoms with van der Waals surface area (Å²) in [6.45, 7) is 1.41. The summed E-state index contributed by atoms with van der Waals surface area (Å²) in [4.78, 5) is 13.1. The number of carbonyl (C=O) groups is 1. The summed E-state index contributed by atoms with van der Waals surface area (Å²) in [6, 6.07) is 3.12. The van der Waals surface area contributed by atoms with Gasteiger partial charge in [-0.05, 0) is 24.6 Å². The van der Waals surface area contributed by atoms with E-state index in [1.54, 1.807) is 27.1 Å². The van der Waals surface area contributed by atoms with E-state index in [1.807, 2.05) is 0 Å². The van der Waals surface area contributed by atoms with Crippen LogP contribution in [0.2, 0.25) is 0 Å². The van der Waals surface area contributed by atoms with Crippen molar-refractivity contribution in [3.05, 3.63) is 22.2 Å². The molecule has 0 radical (unpaired) electrons. The van der Waals surface area contributed by atoms with E-state index < -0.39 is 10.0 Å². The van der Waals surface area contributed by atoms with Gasteiger partial charge in [-0.25, -0.2) is 8.42 Å². The fourth-order valence-corrected chi connectivity index (χ4v) is 3.55. The highest BCUT2D eigenvalue weighted by atomic mass is 79.9. The van der Waals surface area contributed by atoms with Gasteiger partial charge in [0.15, 0.2) is 0 Å². The van der Waals surface area contributed by atoms with E-state index in [4.69, 9.17) is 5.73 Å². The number of sulfonamides is 1. The van der Waals surface area contributed by atoms with E-state index in [0.29, 0.717) is 15.7 Å². The third kappa shape index (κ3) is 3.50. The average Bonchev–Trinajstić information content (AvgIpc) is 2.33. The van der Waals surface area contributed by atoms with Gasteiger partial charge in [-0.3, -0.25) is 4.79 Å². The maximum Gasteiger partial charge on any atom is 0.243 e. The third-order valence-electron chi connectivity index (χ3n) is 2.91. The Hall–Kier alpha value is -1.12. The Balaban J connectivity index is 3.21. The summed E-state index contributed by atoms with van der Waals surface area (Å²) >= 11 is 3.22. The summed E-state index contributed by atoms with van der Waals surface area (Å²) in [5.41, 5.74) is 6.63. The van der Waals surface area contributed by atoms with Gasteiger partial charge in [0, 0.05) is 31.3 Å². The van der Waals surface area contributed by atoms with Gasteiger partial charge in [0.2, 0.25) is 15.9 Å². The van der Waals surface area contributed by atoms with Crippen LogP contribution in [0.5, 0.6) is 0 Å². The molecule has 0 aliphatic carbocycles. The minimum Gasteiger partial charge on any atom is -0.398 e. The van der Waals surface area contributed by atoms with Crippen LogP contribution in [0.3, 0.4) is 0 Å². The van der Waals surface area contributed by atoms with Crippen LogP contribution in [0.15, 0.2) is 21.5 Å². The molecule has 1 aromatic rings. The van der Waals surface area contributed by atoms with Crippen molar-refractivity contribution in [1.82, 2.24) is 9.21 Å². The fourth-order valence-electron chi connectivity index (χ4n) is 1.53. The minimum absolute atomic E-state index is 0.0958. The second-order valence-electron chi connectivity index (χ2n) is 4.67. The van der Waals surface area contributed by atoms with Crippen molar-refractivity contribution in [2.75, 3.05) is 33.4 Å². The molecule has 112 valence electrons. The summed E-state index contributed by atoms with van der Waals surface area (Å²) in [6.07, 6.45) is 0. The highest BCUT2D eigenvalue weighted by molar-refractivity contribution is 9.10. The molecule has 0 bridgehead atoms. The van der Waals surface area contributed by atoms with Gasteiger partial charge < -0.3 is 10.6 Å². The second kappa shape index (κ2) is 6.11. The molecule has 0 aliphatic heterocycles. The number of nitrogen functional groups attached to an aromatic ring is 1. The van der Waals surface area contributed by atoms with Gasteiger partial charge in [-0.15, -0.1) is 0 Å². The van der Waals surface area contributed by atoms with Crippen molar-refractivity contribution in [1.29, 1.82) is 0 Å². The van der Waals surface area contributed by atoms with Crippen LogP contribution in [-0.4, -0.2) is 51.2 Å². The van der Waals surface area contributed by atoms with Gasteiger partial charge in [0.1, 0.15) is 0 Å². The highest BCUT2D eigenvalue weighted by Crippen LogP contribution is 2.28. The molecule has 0 atom stereocenters. The minimum atomic E-state index is -3.77. The molecule has 0 fully saturated rings. The first kappa shape index (κ1) is 16.9. The second-order valence-corrected chi connectivity index (χ2v) is 7.60. The molecule has 6 nitrogen and oxygen atoms in total. The molecule has 1 aromatic carbocycles. The summed E-state index contributed by atoms with van der Waals surface area (Å²) < 4.78 is 26.6. The van der Waals surface area contributed by atoms with Gasteiger partial charge in [-0.1, -0.05) is 15.9 Å². The normalized spacial score (nSPS) is 11.7. The first-order valence-corrected chi connectivity index (χ1v) is 8.02. The maximum absolute atomic E-state index is 12.5. The Morgan fingerprint density at radius 1 is 1.30 bits per heavy atom. The Labute approximate surface area is 127 Å². The van der Waals surface area contributed by atoms with Gasteiger partial charge >= 0.3 is 0 Å². The Morgan fingerprint density at radius 3 is 2.35 bits per heavy atom. The standard InChI is InChI=1S/C12H18BrN3O3S/c1-8-10(14)5-9(13)6-11(8)20(18,19)16(4)7-12(17)15(2)3/h5-6H,7,14H2,1-4H3. The fraction of sp³-hybridized carbons (Fsp3) is 0.417. The maximum atomic E-state index is 12.5. The summed E-state index contributed by atoms with van der Waals surface area (Å²) in [7, 11) is 0.750. The highest BCUT2D eigenvalue weighted by Gasteiger charge is 2.26. The van der Waals surface area contributed by atoms with Crippen LogP contribution in [0, 0.1) is 6.92 Å². The molecule has 1 rings (SSSR count). The van der Waals surface area contributed by atoms with Crippen molar-refractivity contribution in [3.8, 4) is 0 Å². The van der Waals surface area contributed by atoms with Crippen LogP contribution < -0.4 is 5.73 Å². The molecule has 0 aromatic heterocycles. The Bertz CT molecular complexity index is 629. The van der Waals surface area contributed by atoms with Crippen molar-refractivity contribution in [2.24, 2.45) is 0 Å². The molecule has 20 heavy (non-hydrogen) atoms. The lowest BCUT2D eigenvalue weighted by Crippen LogP contribution is -2.38. The van der Waals surface area contributed by atoms with Gasteiger partial charge in [0.25, 0.3) is 0 Å². The first-order chi connectivity index (χ1) is 9.07. The number of benzene rings is 1. The number of halogens is 1. The van der Waals surface area contributed by atoms with Crippen molar-refractivity contribution >= 4 is 37.5 Å². The number of rotatable bonds is 4. The van der Waals surface area contributed by atoms with Crippen molar-refractivity contribution < 1.29 is 13.2 Å². The molecular formula is C12H18BrN3O3S. The SMILES string of the molecule is Cc1c(N)cc(Br)cc1S(=O)(=O)N(C)CC(=O)N(C)C. The smallest absolute Gasteiger partial charge is 0.243 e. The Morgan fingerprint density at radius 2 is 1.85 bits per heavy atom. The molecule has 2 N–H and O–H groups in total.